The van der Waals surface area contributed by atoms with Gasteiger partial charge in [-0.05, 0) is 84.4 Å². The third kappa shape index (κ3) is 5.91. The van der Waals surface area contributed by atoms with Crippen molar-refractivity contribution < 1.29 is 24.2 Å². The molecule has 2 N–H and O–H groups in total. The van der Waals surface area contributed by atoms with Gasteiger partial charge in [-0.2, -0.15) is 0 Å². The van der Waals surface area contributed by atoms with E-state index in [0.29, 0.717) is 11.5 Å². The van der Waals surface area contributed by atoms with Crippen LogP contribution in [-0.2, 0) is 17.6 Å². The molecular weight excluding hydrogens is 567 g/mol. The van der Waals surface area contributed by atoms with E-state index in [2.05, 4.69) is 27.9 Å². The molecule has 2 aliphatic rings. The summed E-state index contributed by atoms with van der Waals surface area (Å²) in [6.07, 6.45) is 11.6. The quantitative estimate of drug-likeness (QED) is 0.309. The van der Waals surface area contributed by atoms with Gasteiger partial charge in [0.2, 0.25) is 0 Å². The number of benzene rings is 1. The number of carbonyl (C=O) groups excluding carboxylic acids is 1. The van der Waals surface area contributed by atoms with E-state index >= 15 is 0 Å². The van der Waals surface area contributed by atoms with Crippen LogP contribution in [0.25, 0.3) is 0 Å². The fraction of sp³-hybridized carbons (Fsp3) is 0.480. The van der Waals surface area contributed by atoms with Gasteiger partial charge in [0.25, 0.3) is 5.91 Å². The van der Waals surface area contributed by atoms with E-state index < -0.39 is 12.6 Å². The number of nitrogens with zero attached hydrogens (tertiary/aromatic N) is 1. The van der Waals surface area contributed by atoms with Crippen LogP contribution in [0.15, 0.2) is 17.1 Å². The zero-order chi connectivity index (χ0) is 24.1. The normalized spacial score (nSPS) is 16.3. The summed E-state index contributed by atoms with van der Waals surface area (Å²) in [5.74, 6) is -0.218. The zero-order valence-corrected chi connectivity index (χ0v) is 22.2. The second kappa shape index (κ2) is 11.5. The number of thiophene rings is 1. The summed E-state index contributed by atoms with van der Waals surface area (Å²) in [6.45, 7) is -0.444. The molecule has 2 aliphatic carbocycles. The molecule has 0 atom stereocenters. The fourth-order valence-electron chi connectivity index (χ4n) is 4.60. The van der Waals surface area contributed by atoms with Crippen LogP contribution in [0.2, 0.25) is 0 Å². The molecule has 0 bridgehead atoms. The van der Waals surface area contributed by atoms with Crippen LogP contribution >= 0.6 is 33.9 Å². The van der Waals surface area contributed by atoms with Crippen LogP contribution < -0.4 is 14.8 Å². The lowest BCUT2D eigenvalue weighted by Crippen LogP contribution is -2.36. The zero-order valence-electron chi connectivity index (χ0n) is 19.2. The fourth-order valence-corrected chi connectivity index (χ4v) is 6.61. The highest BCUT2D eigenvalue weighted by Crippen LogP contribution is 2.40. The van der Waals surface area contributed by atoms with Crippen LogP contribution in [0.4, 0.5) is 5.00 Å². The third-order valence-electron chi connectivity index (χ3n) is 6.24. The topological polar surface area (TPSA) is 97.2 Å². The number of hydrogen-bond donors (Lipinski definition) is 2. The Bertz CT molecular complexity index is 1090. The van der Waals surface area contributed by atoms with E-state index in [1.54, 1.807) is 23.6 Å². The number of carbonyl (C=O) groups is 2. The highest BCUT2D eigenvalue weighted by molar-refractivity contribution is 14.1. The summed E-state index contributed by atoms with van der Waals surface area (Å²) >= 11 is 3.71. The molecule has 2 aromatic rings. The minimum Gasteiger partial charge on any atom is -0.493 e. The van der Waals surface area contributed by atoms with Crippen molar-refractivity contribution in [2.75, 3.05) is 13.7 Å². The largest absolute Gasteiger partial charge is 0.493 e. The highest BCUT2D eigenvalue weighted by atomic mass is 127. The van der Waals surface area contributed by atoms with Gasteiger partial charge in [-0.3, -0.25) is 4.79 Å². The Kier molecular flexibility index (Phi) is 8.46. The maximum atomic E-state index is 13.3. The molecule has 182 valence electrons. The molecule has 1 aromatic carbocycles. The van der Waals surface area contributed by atoms with E-state index in [0.717, 1.165) is 58.2 Å². The monoisotopic (exact) mass is 596 g/mol. The Balaban J connectivity index is 1.61. The van der Waals surface area contributed by atoms with Crippen molar-refractivity contribution in [1.29, 1.82) is 0 Å². The average Bonchev–Trinajstić information content (AvgIpc) is 3.20. The maximum absolute atomic E-state index is 13.3. The van der Waals surface area contributed by atoms with Crippen molar-refractivity contribution in [2.24, 2.45) is 4.99 Å². The Hall–Kier alpha value is -2.14. The van der Waals surface area contributed by atoms with Gasteiger partial charge in [0, 0.05) is 17.1 Å². The number of methoxy groups -OCH3 is 1. The summed E-state index contributed by atoms with van der Waals surface area (Å²) in [7, 11) is 1.51. The molecule has 1 aromatic heterocycles. The van der Waals surface area contributed by atoms with Crippen molar-refractivity contribution in [3.8, 4) is 11.5 Å². The van der Waals surface area contributed by atoms with E-state index in [9.17, 15) is 9.59 Å². The first-order chi connectivity index (χ1) is 16.5. The van der Waals surface area contributed by atoms with Crippen LogP contribution in [-0.4, -0.2) is 43.0 Å². The van der Waals surface area contributed by atoms with Gasteiger partial charge in [-0.1, -0.05) is 19.3 Å². The summed E-state index contributed by atoms with van der Waals surface area (Å²) in [4.78, 5) is 30.3. The van der Waals surface area contributed by atoms with Gasteiger partial charge < -0.3 is 19.9 Å². The van der Waals surface area contributed by atoms with Crippen LogP contribution in [0, 0.1) is 3.57 Å². The lowest BCUT2D eigenvalue weighted by Gasteiger charge is -2.23. The van der Waals surface area contributed by atoms with Crippen molar-refractivity contribution >= 4 is 57.0 Å². The number of carboxylic acid groups (broad SMARTS) is 1. The number of fused-ring (bicyclic) bond motifs is 1. The maximum Gasteiger partial charge on any atom is 0.341 e. The molecule has 34 heavy (non-hydrogen) atoms. The molecule has 0 unspecified atom stereocenters. The van der Waals surface area contributed by atoms with Crippen LogP contribution in [0.5, 0.6) is 11.5 Å². The molecule has 0 radical (unpaired) electrons. The molecule has 0 saturated heterocycles. The van der Waals surface area contributed by atoms with Crippen LogP contribution in [0.1, 0.15) is 71.3 Å². The summed E-state index contributed by atoms with van der Waals surface area (Å²) in [6, 6.07) is 3.87. The van der Waals surface area contributed by atoms with Gasteiger partial charge in [-0.15, -0.1) is 11.3 Å². The first kappa shape index (κ1) is 25.0. The number of hydrogen-bond acceptors (Lipinski definition) is 6. The number of aryl methyl sites for hydroxylation is 1. The predicted octanol–water partition coefficient (Wildman–Crippen LogP) is 5.52. The third-order valence-corrected chi connectivity index (χ3v) is 8.24. The molecule has 0 spiro atoms. The van der Waals surface area contributed by atoms with E-state index in [4.69, 9.17) is 19.6 Å². The summed E-state index contributed by atoms with van der Waals surface area (Å²) in [5, 5.41) is 12.9. The van der Waals surface area contributed by atoms with Crippen molar-refractivity contribution in [1.82, 2.24) is 5.32 Å². The van der Waals surface area contributed by atoms with E-state index in [-0.39, 0.29) is 11.9 Å². The predicted molar refractivity (Wildman–Crippen MR) is 141 cm³/mol. The Morgan fingerprint density at radius 3 is 2.71 bits per heavy atom. The number of aliphatic carboxylic acids is 1. The lowest BCUT2D eigenvalue weighted by atomic mass is 9.93. The van der Waals surface area contributed by atoms with Gasteiger partial charge in [-0.25, -0.2) is 9.79 Å². The second-order valence-corrected chi connectivity index (χ2v) is 10.9. The SMILES string of the molecule is COc1cc(C=Nc2sc3c(c2C(=O)NC2CCCCC2)CCCC3)cc(I)c1OCC(=O)O. The number of nitrogens with one attached hydrogen (secondary N) is 1. The lowest BCUT2D eigenvalue weighted by molar-refractivity contribution is -0.139. The number of ether oxygens (including phenoxy) is 2. The average molecular weight is 596 g/mol. The molecule has 4 rings (SSSR count). The van der Waals surface area contributed by atoms with E-state index in [1.807, 2.05) is 6.07 Å². The minimum absolute atomic E-state index is 0.00281. The molecule has 1 saturated carbocycles. The number of rotatable bonds is 8. The smallest absolute Gasteiger partial charge is 0.341 e. The minimum atomic E-state index is -1.05. The van der Waals surface area contributed by atoms with E-state index in [1.165, 1.54) is 36.8 Å². The molecule has 1 fully saturated rings. The molecule has 0 aliphatic heterocycles. The van der Waals surface area contributed by atoms with Gasteiger partial charge in [0.15, 0.2) is 18.1 Å². The molecule has 9 heteroatoms. The Morgan fingerprint density at radius 2 is 1.97 bits per heavy atom. The number of halogens is 1. The first-order valence-electron chi connectivity index (χ1n) is 11.7. The molecule has 1 heterocycles. The molecular formula is C25H29IN2O5S. The van der Waals surface area contributed by atoms with Gasteiger partial charge in [0.05, 0.1) is 16.2 Å². The Morgan fingerprint density at radius 1 is 1.21 bits per heavy atom. The standard InChI is InChI=1S/C25H29IN2O5S/c1-32-19-12-15(11-18(26)23(19)33-14-21(29)30)13-27-25-22(17-9-5-6-10-20(17)34-25)24(31)28-16-7-3-2-4-8-16/h11-13,16H,2-10,14H2,1H3,(H,28,31)(H,29,30). The number of amides is 1. The Labute approximate surface area is 217 Å². The molecule has 1 amide bonds. The number of aliphatic imine (C=N–C) groups is 1. The van der Waals surface area contributed by atoms with Crippen molar-refractivity contribution in [2.45, 2.75) is 63.8 Å². The highest BCUT2D eigenvalue weighted by Gasteiger charge is 2.27. The van der Waals surface area contributed by atoms with Gasteiger partial charge >= 0.3 is 5.97 Å². The second-order valence-electron chi connectivity index (χ2n) is 8.67. The molecule has 7 nitrogen and oxygen atoms in total. The van der Waals surface area contributed by atoms with Crippen molar-refractivity contribution in [3.05, 3.63) is 37.3 Å². The van der Waals surface area contributed by atoms with Crippen LogP contribution in [0.3, 0.4) is 0 Å². The van der Waals surface area contributed by atoms with Gasteiger partial charge in [0.1, 0.15) is 5.00 Å². The number of carboxylic acids is 1. The summed E-state index contributed by atoms with van der Waals surface area (Å²) in [5.41, 5.74) is 2.69. The first-order valence-corrected chi connectivity index (χ1v) is 13.6. The summed E-state index contributed by atoms with van der Waals surface area (Å²) < 4.78 is 11.5. The van der Waals surface area contributed by atoms with Crippen molar-refractivity contribution in [3.63, 3.8) is 0 Å².